The lowest BCUT2D eigenvalue weighted by atomic mass is 10.1. The maximum Gasteiger partial charge on any atom is 0.133 e. The first-order valence-electron chi connectivity index (χ1n) is 6.83. The van der Waals surface area contributed by atoms with Gasteiger partial charge in [-0.25, -0.2) is 4.98 Å². The maximum absolute atomic E-state index is 5.26. The van der Waals surface area contributed by atoms with E-state index in [1.54, 1.807) is 7.11 Å². The van der Waals surface area contributed by atoms with Crippen LogP contribution in [0.2, 0.25) is 0 Å². The molecule has 1 atom stereocenters. The summed E-state index contributed by atoms with van der Waals surface area (Å²) in [6.45, 7) is 6.91. The van der Waals surface area contributed by atoms with E-state index >= 15 is 0 Å². The van der Waals surface area contributed by atoms with Gasteiger partial charge < -0.3 is 15.0 Å². The van der Waals surface area contributed by atoms with Crippen molar-refractivity contribution in [2.45, 2.75) is 19.9 Å². The Balaban J connectivity index is 2.10. The summed E-state index contributed by atoms with van der Waals surface area (Å²) in [4.78, 5) is 6.98. The highest BCUT2D eigenvalue weighted by Gasteiger charge is 2.24. The molecule has 5 heteroatoms. The van der Waals surface area contributed by atoms with E-state index < -0.39 is 0 Å². The molecule has 0 spiro atoms. The van der Waals surface area contributed by atoms with E-state index in [9.17, 15) is 0 Å². The Morgan fingerprint density at radius 3 is 3.16 bits per heavy atom. The second kappa shape index (κ2) is 7.22. The molecule has 1 aliphatic rings. The van der Waals surface area contributed by atoms with Crippen molar-refractivity contribution in [2.75, 3.05) is 38.3 Å². The van der Waals surface area contributed by atoms with Crippen molar-refractivity contribution < 1.29 is 4.74 Å². The van der Waals surface area contributed by atoms with E-state index in [2.05, 4.69) is 44.1 Å². The number of nitrogens with zero attached hydrogens (tertiary/aromatic N) is 2. The van der Waals surface area contributed by atoms with Crippen molar-refractivity contribution in [1.29, 1.82) is 0 Å². The predicted molar refractivity (Wildman–Crippen MR) is 81.5 cm³/mol. The molecule has 0 aliphatic carbocycles. The molecule has 4 nitrogen and oxygen atoms in total. The Hall–Kier alpha value is -0.650. The van der Waals surface area contributed by atoms with E-state index in [1.165, 1.54) is 12.0 Å². The van der Waals surface area contributed by atoms with E-state index in [-0.39, 0.29) is 0 Å². The molecule has 2 rings (SSSR count). The molecule has 1 fully saturated rings. The van der Waals surface area contributed by atoms with Crippen LogP contribution in [-0.2, 0) is 11.3 Å². The monoisotopic (exact) mass is 327 g/mol. The SMILES string of the molecule is CCNCc1cc(Br)cnc1N1CCC(COC)C1. The van der Waals surface area contributed by atoms with Gasteiger partial charge in [0.25, 0.3) is 0 Å². The Bertz CT molecular complexity index is 414. The molecule has 1 aromatic rings. The first-order chi connectivity index (χ1) is 9.24. The Kier molecular flexibility index (Phi) is 5.60. The fourth-order valence-electron chi connectivity index (χ4n) is 2.55. The van der Waals surface area contributed by atoms with Gasteiger partial charge in [-0.2, -0.15) is 0 Å². The van der Waals surface area contributed by atoms with Gasteiger partial charge in [-0.3, -0.25) is 0 Å². The third-order valence-electron chi connectivity index (χ3n) is 3.46. The zero-order valence-corrected chi connectivity index (χ0v) is 13.2. The summed E-state index contributed by atoms with van der Waals surface area (Å²) in [5, 5.41) is 3.38. The number of methoxy groups -OCH3 is 1. The number of rotatable bonds is 6. The summed E-state index contributed by atoms with van der Waals surface area (Å²) < 4.78 is 6.30. The molecular formula is C14H22BrN3O. The molecule has 0 saturated carbocycles. The van der Waals surface area contributed by atoms with Gasteiger partial charge in [-0.15, -0.1) is 0 Å². The topological polar surface area (TPSA) is 37.4 Å². The highest BCUT2D eigenvalue weighted by molar-refractivity contribution is 9.10. The Labute approximate surface area is 123 Å². The van der Waals surface area contributed by atoms with Gasteiger partial charge in [0.2, 0.25) is 0 Å². The largest absolute Gasteiger partial charge is 0.384 e. The van der Waals surface area contributed by atoms with Crippen LogP contribution in [0, 0.1) is 5.92 Å². The van der Waals surface area contributed by atoms with Gasteiger partial charge in [0.15, 0.2) is 0 Å². The van der Waals surface area contributed by atoms with Gasteiger partial charge in [0, 0.05) is 48.9 Å². The van der Waals surface area contributed by atoms with Crippen LogP contribution in [0.3, 0.4) is 0 Å². The average molecular weight is 328 g/mol. The van der Waals surface area contributed by atoms with Gasteiger partial charge in [0.1, 0.15) is 5.82 Å². The van der Waals surface area contributed by atoms with Gasteiger partial charge in [-0.1, -0.05) is 6.92 Å². The zero-order valence-electron chi connectivity index (χ0n) is 11.7. The normalized spacial score (nSPS) is 19.1. The molecule has 1 aromatic heterocycles. The van der Waals surface area contributed by atoms with E-state index in [1.807, 2.05) is 6.20 Å². The molecule has 0 aromatic carbocycles. The molecule has 1 unspecified atom stereocenters. The molecule has 1 saturated heterocycles. The van der Waals surface area contributed by atoms with Gasteiger partial charge in [0.05, 0.1) is 6.61 Å². The number of ether oxygens (including phenoxy) is 1. The van der Waals surface area contributed by atoms with Crippen molar-refractivity contribution in [2.24, 2.45) is 5.92 Å². The van der Waals surface area contributed by atoms with Crippen LogP contribution < -0.4 is 10.2 Å². The number of nitrogens with one attached hydrogen (secondary N) is 1. The zero-order chi connectivity index (χ0) is 13.7. The second-order valence-corrected chi connectivity index (χ2v) is 5.89. The number of halogens is 1. The fraction of sp³-hybridized carbons (Fsp3) is 0.643. The molecule has 0 amide bonds. The molecule has 0 radical (unpaired) electrons. The van der Waals surface area contributed by atoms with E-state index in [0.717, 1.165) is 43.1 Å². The summed E-state index contributed by atoms with van der Waals surface area (Å²) in [5.41, 5.74) is 1.26. The maximum atomic E-state index is 5.26. The highest BCUT2D eigenvalue weighted by atomic mass is 79.9. The van der Waals surface area contributed by atoms with Gasteiger partial charge in [-0.05, 0) is 35.0 Å². The van der Waals surface area contributed by atoms with Crippen molar-refractivity contribution >= 4 is 21.7 Å². The molecule has 1 N–H and O–H groups in total. The Morgan fingerprint density at radius 1 is 1.58 bits per heavy atom. The molecule has 2 heterocycles. The minimum atomic E-state index is 0.627. The standard InChI is InChI=1S/C14H22BrN3O/c1-3-16-7-12-6-13(15)8-17-14(12)18-5-4-11(9-18)10-19-2/h6,8,11,16H,3-5,7,9-10H2,1-2H3. The van der Waals surface area contributed by atoms with Gasteiger partial charge >= 0.3 is 0 Å². The van der Waals surface area contributed by atoms with Crippen LogP contribution in [0.4, 0.5) is 5.82 Å². The number of hydrogen-bond acceptors (Lipinski definition) is 4. The summed E-state index contributed by atoms with van der Waals surface area (Å²) in [5.74, 6) is 1.74. The first kappa shape index (κ1) is 14.8. The molecule has 0 bridgehead atoms. The Morgan fingerprint density at radius 2 is 2.42 bits per heavy atom. The lowest BCUT2D eigenvalue weighted by molar-refractivity contribution is 0.161. The van der Waals surface area contributed by atoms with Crippen LogP contribution in [0.5, 0.6) is 0 Å². The summed E-state index contributed by atoms with van der Waals surface area (Å²) in [7, 11) is 1.77. The van der Waals surface area contributed by atoms with Crippen molar-refractivity contribution in [3.05, 3.63) is 22.3 Å². The average Bonchev–Trinajstić information content (AvgIpc) is 2.85. The van der Waals surface area contributed by atoms with Crippen molar-refractivity contribution in [3.8, 4) is 0 Å². The minimum absolute atomic E-state index is 0.627. The highest BCUT2D eigenvalue weighted by Crippen LogP contribution is 2.27. The molecule has 106 valence electrons. The van der Waals surface area contributed by atoms with Crippen LogP contribution in [0.15, 0.2) is 16.7 Å². The van der Waals surface area contributed by atoms with Crippen molar-refractivity contribution in [1.82, 2.24) is 10.3 Å². The van der Waals surface area contributed by atoms with E-state index in [0.29, 0.717) is 5.92 Å². The molecule has 1 aliphatic heterocycles. The third-order valence-corrected chi connectivity index (χ3v) is 3.90. The lowest BCUT2D eigenvalue weighted by Gasteiger charge is -2.21. The molecule has 19 heavy (non-hydrogen) atoms. The molecular weight excluding hydrogens is 306 g/mol. The second-order valence-electron chi connectivity index (χ2n) is 4.97. The van der Waals surface area contributed by atoms with Crippen molar-refractivity contribution in [3.63, 3.8) is 0 Å². The number of pyridine rings is 1. The number of hydrogen-bond donors (Lipinski definition) is 1. The summed E-state index contributed by atoms with van der Waals surface area (Å²) in [6.07, 6.45) is 3.07. The van der Waals surface area contributed by atoms with Crippen LogP contribution in [-0.4, -0.2) is 38.3 Å². The minimum Gasteiger partial charge on any atom is -0.384 e. The van der Waals surface area contributed by atoms with Crippen LogP contribution in [0.1, 0.15) is 18.9 Å². The quantitative estimate of drug-likeness (QED) is 0.870. The third kappa shape index (κ3) is 3.91. The summed E-state index contributed by atoms with van der Waals surface area (Å²) in [6, 6.07) is 2.16. The fourth-order valence-corrected chi connectivity index (χ4v) is 2.92. The predicted octanol–water partition coefficient (Wildman–Crippen LogP) is 2.43. The van der Waals surface area contributed by atoms with E-state index in [4.69, 9.17) is 4.74 Å². The number of anilines is 1. The summed E-state index contributed by atoms with van der Waals surface area (Å²) >= 11 is 3.50. The first-order valence-corrected chi connectivity index (χ1v) is 7.63. The van der Waals surface area contributed by atoms with Crippen LogP contribution in [0.25, 0.3) is 0 Å². The number of aromatic nitrogens is 1. The smallest absolute Gasteiger partial charge is 0.133 e. The lowest BCUT2D eigenvalue weighted by Crippen LogP contribution is -2.25. The van der Waals surface area contributed by atoms with Crippen LogP contribution >= 0.6 is 15.9 Å².